The Hall–Kier alpha value is -0.0800. The molecule has 0 spiro atoms. The number of aliphatic hydroxyl groups is 1. The summed E-state index contributed by atoms with van der Waals surface area (Å²) >= 11 is 0. The molecule has 0 aromatic heterocycles. The molecule has 1 saturated heterocycles. The smallest absolute Gasteiger partial charge is 0.193 e. The summed E-state index contributed by atoms with van der Waals surface area (Å²) in [5.74, 6) is -0.911. The molecule has 0 amide bonds. The maximum absolute atomic E-state index is 9.46. The van der Waals surface area contributed by atoms with Gasteiger partial charge in [0.2, 0.25) is 0 Å². The highest BCUT2D eigenvalue weighted by atomic mass is 16.7. The normalized spacial score (nSPS) is 47.4. The number of epoxide rings is 1. The first-order valence-electron chi connectivity index (χ1n) is 3.63. The Morgan fingerprint density at radius 1 is 1.20 bits per heavy atom. The van der Waals surface area contributed by atoms with Crippen LogP contribution in [0.4, 0.5) is 0 Å². The molecule has 1 N–H and O–H groups in total. The molecule has 60 valence electrons. The molecule has 0 aliphatic carbocycles. The second-order valence-electron chi connectivity index (χ2n) is 4.37. The van der Waals surface area contributed by atoms with E-state index in [-0.39, 0.29) is 11.0 Å². The molecule has 2 heteroatoms. The van der Waals surface area contributed by atoms with Crippen LogP contribution in [0, 0.1) is 5.41 Å². The lowest BCUT2D eigenvalue weighted by atomic mass is 9.78. The molecule has 1 aliphatic heterocycles. The van der Waals surface area contributed by atoms with Crippen molar-refractivity contribution in [1.82, 2.24) is 0 Å². The van der Waals surface area contributed by atoms with E-state index in [1.807, 2.05) is 6.92 Å². The van der Waals surface area contributed by atoms with E-state index in [0.29, 0.717) is 0 Å². The van der Waals surface area contributed by atoms with Crippen molar-refractivity contribution in [2.24, 2.45) is 5.41 Å². The van der Waals surface area contributed by atoms with Crippen LogP contribution in [0.1, 0.15) is 34.6 Å². The van der Waals surface area contributed by atoms with Crippen molar-refractivity contribution in [3.05, 3.63) is 0 Å². The topological polar surface area (TPSA) is 32.8 Å². The zero-order valence-electron chi connectivity index (χ0n) is 7.36. The largest absolute Gasteiger partial charge is 0.363 e. The van der Waals surface area contributed by atoms with Crippen LogP contribution in [-0.2, 0) is 4.74 Å². The summed E-state index contributed by atoms with van der Waals surface area (Å²) in [4.78, 5) is 0. The fraction of sp³-hybridized carbons (Fsp3) is 1.00. The van der Waals surface area contributed by atoms with Crippen molar-refractivity contribution in [2.45, 2.75) is 46.0 Å². The molecule has 2 atom stereocenters. The summed E-state index contributed by atoms with van der Waals surface area (Å²) in [5, 5.41) is 9.46. The van der Waals surface area contributed by atoms with E-state index in [9.17, 15) is 5.11 Å². The Labute approximate surface area is 62.2 Å². The van der Waals surface area contributed by atoms with Gasteiger partial charge in [-0.25, -0.2) is 0 Å². The van der Waals surface area contributed by atoms with Crippen LogP contribution in [0.5, 0.6) is 0 Å². The van der Waals surface area contributed by atoms with Crippen molar-refractivity contribution in [2.75, 3.05) is 0 Å². The lowest BCUT2D eigenvalue weighted by Crippen LogP contribution is -2.33. The third-order valence-electron chi connectivity index (χ3n) is 2.68. The quantitative estimate of drug-likeness (QED) is 0.523. The third kappa shape index (κ3) is 0.789. The summed E-state index contributed by atoms with van der Waals surface area (Å²) < 4.78 is 5.21. The van der Waals surface area contributed by atoms with Gasteiger partial charge in [0.15, 0.2) is 5.79 Å². The highest BCUT2D eigenvalue weighted by Crippen LogP contribution is 2.55. The van der Waals surface area contributed by atoms with Gasteiger partial charge >= 0.3 is 0 Å². The SMILES string of the molecule is CC(C)(C)C1(C)OC1(C)O. The number of hydrogen-bond acceptors (Lipinski definition) is 2. The van der Waals surface area contributed by atoms with Gasteiger partial charge in [-0.3, -0.25) is 0 Å². The molecular weight excluding hydrogens is 128 g/mol. The van der Waals surface area contributed by atoms with E-state index in [4.69, 9.17) is 4.74 Å². The molecule has 1 rings (SSSR count). The van der Waals surface area contributed by atoms with Gasteiger partial charge in [0.25, 0.3) is 0 Å². The maximum atomic E-state index is 9.46. The van der Waals surface area contributed by atoms with Gasteiger partial charge in [0.1, 0.15) is 5.60 Å². The summed E-state index contributed by atoms with van der Waals surface area (Å²) in [6, 6.07) is 0. The lowest BCUT2D eigenvalue weighted by molar-refractivity contribution is 0.0545. The first kappa shape index (κ1) is 8.02. The van der Waals surface area contributed by atoms with Gasteiger partial charge in [-0.1, -0.05) is 20.8 Å². The van der Waals surface area contributed by atoms with Crippen molar-refractivity contribution in [3.63, 3.8) is 0 Å². The highest BCUT2D eigenvalue weighted by Gasteiger charge is 2.68. The summed E-state index contributed by atoms with van der Waals surface area (Å²) in [7, 11) is 0. The Balaban J connectivity index is 2.78. The fourth-order valence-corrected chi connectivity index (χ4v) is 1.22. The van der Waals surface area contributed by atoms with Crippen LogP contribution >= 0.6 is 0 Å². The average molecular weight is 144 g/mol. The second-order valence-corrected chi connectivity index (χ2v) is 4.37. The van der Waals surface area contributed by atoms with Crippen LogP contribution in [-0.4, -0.2) is 16.5 Å². The van der Waals surface area contributed by atoms with Crippen molar-refractivity contribution in [3.8, 4) is 0 Å². The first-order valence-corrected chi connectivity index (χ1v) is 3.63. The Kier molecular flexibility index (Phi) is 1.25. The predicted molar refractivity (Wildman–Crippen MR) is 39.6 cm³/mol. The summed E-state index contributed by atoms with van der Waals surface area (Å²) in [5.41, 5.74) is -0.351. The zero-order valence-corrected chi connectivity index (χ0v) is 7.36. The standard InChI is InChI=1S/C8H16O2/c1-6(2,3)7(4)8(5,9)10-7/h9H,1-5H3. The van der Waals surface area contributed by atoms with Crippen LogP contribution in [0.3, 0.4) is 0 Å². The van der Waals surface area contributed by atoms with E-state index in [1.165, 1.54) is 0 Å². The minimum absolute atomic E-state index is 0.0104. The van der Waals surface area contributed by atoms with Crippen LogP contribution in [0.15, 0.2) is 0 Å². The molecule has 0 bridgehead atoms. The monoisotopic (exact) mass is 144 g/mol. The number of ether oxygens (including phenoxy) is 1. The van der Waals surface area contributed by atoms with Gasteiger partial charge in [-0.2, -0.15) is 0 Å². The van der Waals surface area contributed by atoms with Gasteiger partial charge in [-0.05, 0) is 19.3 Å². The minimum atomic E-state index is -0.911. The minimum Gasteiger partial charge on any atom is -0.363 e. The maximum Gasteiger partial charge on any atom is 0.193 e. The molecule has 10 heavy (non-hydrogen) atoms. The molecule has 0 aromatic carbocycles. The Morgan fingerprint density at radius 3 is 1.50 bits per heavy atom. The van der Waals surface area contributed by atoms with Crippen LogP contribution < -0.4 is 0 Å². The molecule has 0 radical (unpaired) electrons. The number of rotatable bonds is 0. The molecule has 2 unspecified atom stereocenters. The van der Waals surface area contributed by atoms with Crippen LogP contribution in [0.2, 0.25) is 0 Å². The van der Waals surface area contributed by atoms with Gasteiger partial charge < -0.3 is 9.84 Å². The van der Waals surface area contributed by atoms with E-state index >= 15 is 0 Å². The molecule has 1 aliphatic rings. The fourth-order valence-electron chi connectivity index (χ4n) is 1.22. The second kappa shape index (κ2) is 1.56. The van der Waals surface area contributed by atoms with Gasteiger partial charge in [0, 0.05) is 0 Å². The Bertz CT molecular complexity index is 155. The molecule has 0 aromatic rings. The van der Waals surface area contributed by atoms with Crippen molar-refractivity contribution in [1.29, 1.82) is 0 Å². The number of hydrogen-bond donors (Lipinski definition) is 1. The van der Waals surface area contributed by atoms with E-state index in [0.717, 1.165) is 0 Å². The highest BCUT2D eigenvalue weighted by molar-refractivity contribution is 5.09. The van der Waals surface area contributed by atoms with Gasteiger partial charge in [-0.15, -0.1) is 0 Å². The van der Waals surface area contributed by atoms with Crippen molar-refractivity contribution >= 4 is 0 Å². The van der Waals surface area contributed by atoms with Crippen molar-refractivity contribution < 1.29 is 9.84 Å². The Morgan fingerprint density at radius 2 is 1.50 bits per heavy atom. The third-order valence-corrected chi connectivity index (χ3v) is 2.68. The van der Waals surface area contributed by atoms with Gasteiger partial charge in [0.05, 0.1) is 0 Å². The first-order chi connectivity index (χ1) is 4.21. The summed E-state index contributed by atoms with van der Waals surface area (Å²) in [6.45, 7) is 9.84. The zero-order chi connectivity index (χ0) is 8.21. The van der Waals surface area contributed by atoms with E-state index in [2.05, 4.69) is 20.8 Å². The molecule has 2 nitrogen and oxygen atoms in total. The van der Waals surface area contributed by atoms with E-state index in [1.54, 1.807) is 6.92 Å². The lowest BCUT2D eigenvalue weighted by Gasteiger charge is -2.24. The molecule has 1 heterocycles. The van der Waals surface area contributed by atoms with E-state index < -0.39 is 5.79 Å². The molecular formula is C8H16O2. The molecule has 1 fully saturated rings. The van der Waals surface area contributed by atoms with Crippen LogP contribution in [0.25, 0.3) is 0 Å². The average Bonchev–Trinajstić information content (AvgIpc) is 2.05. The molecule has 0 saturated carbocycles. The summed E-state index contributed by atoms with van der Waals surface area (Å²) in [6.07, 6.45) is 0. The predicted octanol–water partition coefficient (Wildman–Crippen LogP) is 1.53.